The Morgan fingerprint density at radius 3 is 2.63 bits per heavy atom. The van der Waals surface area contributed by atoms with Crippen LogP contribution in [0.3, 0.4) is 0 Å². The second kappa shape index (κ2) is 5.46. The van der Waals surface area contributed by atoms with Gasteiger partial charge in [0, 0.05) is 25.7 Å². The van der Waals surface area contributed by atoms with Crippen molar-refractivity contribution in [1.82, 2.24) is 9.88 Å². The molecular formula is C13H21N3O2S. The normalized spacial score (nSPS) is 21.1. The molecule has 0 aliphatic carbocycles. The number of carboxylic acid groups (broad SMARTS) is 1. The maximum atomic E-state index is 11.3. The highest BCUT2D eigenvalue weighted by Crippen LogP contribution is 2.32. The number of rotatable bonds is 3. The molecule has 106 valence electrons. The van der Waals surface area contributed by atoms with E-state index in [1.165, 1.54) is 11.3 Å². The van der Waals surface area contributed by atoms with E-state index in [9.17, 15) is 9.90 Å². The first kappa shape index (κ1) is 14.3. The van der Waals surface area contributed by atoms with Crippen molar-refractivity contribution < 1.29 is 9.90 Å². The molecule has 0 saturated carbocycles. The van der Waals surface area contributed by atoms with Gasteiger partial charge in [0.2, 0.25) is 0 Å². The molecule has 1 aliphatic rings. The molecule has 0 amide bonds. The van der Waals surface area contributed by atoms with E-state index >= 15 is 0 Å². The van der Waals surface area contributed by atoms with E-state index in [4.69, 9.17) is 0 Å². The van der Waals surface area contributed by atoms with E-state index < -0.39 is 5.97 Å². The number of hydrogen-bond donors (Lipinski definition) is 1. The monoisotopic (exact) mass is 283 g/mol. The van der Waals surface area contributed by atoms with Crippen LogP contribution in [0.1, 0.15) is 42.1 Å². The van der Waals surface area contributed by atoms with Crippen LogP contribution in [0.15, 0.2) is 0 Å². The number of likely N-dealkylation sites (N-methyl/N-ethyl adjacent to an activating group) is 1. The number of carboxylic acids is 1. The summed E-state index contributed by atoms with van der Waals surface area (Å²) in [6.07, 6.45) is 0. The maximum absolute atomic E-state index is 11.3. The molecule has 1 fully saturated rings. The summed E-state index contributed by atoms with van der Waals surface area (Å²) >= 11 is 1.30. The Morgan fingerprint density at radius 1 is 1.47 bits per heavy atom. The van der Waals surface area contributed by atoms with Crippen molar-refractivity contribution in [3.63, 3.8) is 0 Å². The van der Waals surface area contributed by atoms with Crippen molar-refractivity contribution in [2.24, 2.45) is 0 Å². The van der Waals surface area contributed by atoms with Crippen molar-refractivity contribution in [1.29, 1.82) is 0 Å². The van der Waals surface area contributed by atoms with Crippen LogP contribution in [0.2, 0.25) is 0 Å². The first-order valence-electron chi connectivity index (χ1n) is 6.59. The zero-order valence-corrected chi connectivity index (χ0v) is 12.7. The highest BCUT2D eigenvalue weighted by molar-refractivity contribution is 7.17. The lowest BCUT2D eigenvalue weighted by atomic mass is 10.1. The Morgan fingerprint density at radius 2 is 2.16 bits per heavy atom. The lowest BCUT2D eigenvalue weighted by Gasteiger charge is -2.38. The summed E-state index contributed by atoms with van der Waals surface area (Å²) in [5, 5.41) is 10.1. The summed E-state index contributed by atoms with van der Waals surface area (Å²) in [7, 11) is 2.11. The summed E-state index contributed by atoms with van der Waals surface area (Å²) in [5.74, 6) is -0.729. The van der Waals surface area contributed by atoms with E-state index in [1.54, 1.807) is 0 Å². The van der Waals surface area contributed by atoms with Crippen LogP contribution in [0.25, 0.3) is 0 Å². The largest absolute Gasteiger partial charge is 0.477 e. The summed E-state index contributed by atoms with van der Waals surface area (Å²) in [4.78, 5) is 20.8. The third kappa shape index (κ3) is 2.90. The zero-order chi connectivity index (χ0) is 14.2. The van der Waals surface area contributed by atoms with Gasteiger partial charge in [-0.15, -0.1) is 0 Å². The van der Waals surface area contributed by atoms with Gasteiger partial charge in [0.1, 0.15) is 4.88 Å². The van der Waals surface area contributed by atoms with Gasteiger partial charge in [-0.05, 0) is 19.9 Å². The molecule has 0 spiro atoms. The second-order valence-corrected chi connectivity index (χ2v) is 6.45. The van der Waals surface area contributed by atoms with Crippen molar-refractivity contribution in [3.8, 4) is 0 Å². The minimum Gasteiger partial charge on any atom is -0.477 e. The van der Waals surface area contributed by atoms with Crippen LogP contribution in [-0.2, 0) is 0 Å². The van der Waals surface area contributed by atoms with E-state index in [2.05, 4.69) is 28.8 Å². The highest BCUT2D eigenvalue weighted by atomic mass is 32.1. The first-order valence-corrected chi connectivity index (χ1v) is 7.41. The number of carbonyl (C=O) groups is 1. The summed E-state index contributed by atoms with van der Waals surface area (Å²) in [6.45, 7) is 9.01. The number of piperazine rings is 1. The minimum atomic E-state index is -0.866. The van der Waals surface area contributed by atoms with Crippen LogP contribution < -0.4 is 4.90 Å². The van der Waals surface area contributed by atoms with Crippen molar-refractivity contribution in [3.05, 3.63) is 10.6 Å². The maximum Gasteiger partial charge on any atom is 0.347 e. The van der Waals surface area contributed by atoms with Crippen LogP contribution in [0.5, 0.6) is 0 Å². The molecule has 1 aromatic heterocycles. The second-order valence-electron chi connectivity index (χ2n) is 5.48. The molecule has 1 atom stereocenters. The van der Waals surface area contributed by atoms with E-state index in [-0.39, 0.29) is 5.92 Å². The highest BCUT2D eigenvalue weighted by Gasteiger charge is 2.27. The molecule has 1 N–H and O–H groups in total. The average molecular weight is 283 g/mol. The third-order valence-electron chi connectivity index (χ3n) is 3.46. The van der Waals surface area contributed by atoms with Gasteiger partial charge in [0.15, 0.2) is 5.13 Å². The third-order valence-corrected chi connectivity index (χ3v) is 4.56. The number of thiazole rings is 1. The Labute approximate surface area is 117 Å². The predicted molar refractivity (Wildman–Crippen MR) is 77.5 cm³/mol. The first-order chi connectivity index (χ1) is 8.90. The number of aromatic nitrogens is 1. The van der Waals surface area contributed by atoms with Gasteiger partial charge in [0.25, 0.3) is 0 Å². The van der Waals surface area contributed by atoms with Crippen LogP contribution in [0, 0.1) is 0 Å². The van der Waals surface area contributed by atoms with Gasteiger partial charge < -0.3 is 14.9 Å². The molecule has 1 aliphatic heterocycles. The minimum absolute atomic E-state index is 0.138. The van der Waals surface area contributed by atoms with E-state index in [0.29, 0.717) is 16.6 Å². The molecule has 1 saturated heterocycles. The molecule has 6 heteroatoms. The molecule has 0 bridgehead atoms. The van der Waals surface area contributed by atoms with Crippen molar-refractivity contribution in [2.75, 3.05) is 31.6 Å². The fourth-order valence-corrected chi connectivity index (χ4v) is 3.60. The van der Waals surface area contributed by atoms with Gasteiger partial charge in [-0.2, -0.15) is 0 Å². The van der Waals surface area contributed by atoms with Gasteiger partial charge in [0.05, 0.1) is 5.69 Å². The molecule has 1 unspecified atom stereocenters. The topological polar surface area (TPSA) is 56.7 Å². The van der Waals surface area contributed by atoms with E-state index in [1.807, 2.05) is 13.8 Å². The fourth-order valence-electron chi connectivity index (χ4n) is 2.41. The van der Waals surface area contributed by atoms with Crippen LogP contribution in [-0.4, -0.2) is 53.7 Å². The smallest absolute Gasteiger partial charge is 0.347 e. The number of aromatic carboxylic acids is 1. The molecule has 19 heavy (non-hydrogen) atoms. The predicted octanol–water partition coefficient (Wildman–Crippen LogP) is 2.10. The Balaban J connectivity index is 2.30. The molecular weight excluding hydrogens is 262 g/mol. The molecule has 5 nitrogen and oxygen atoms in total. The Hall–Kier alpha value is -1.14. The lowest BCUT2D eigenvalue weighted by Crippen LogP contribution is -2.50. The SMILES string of the molecule is CC(C)c1nc(N2CCN(C)CC2C)sc1C(=O)O. The van der Waals surface area contributed by atoms with Gasteiger partial charge in [-0.3, -0.25) is 0 Å². The van der Waals surface area contributed by atoms with Gasteiger partial charge >= 0.3 is 5.97 Å². The quantitative estimate of drug-likeness (QED) is 0.920. The van der Waals surface area contributed by atoms with Gasteiger partial charge in [-0.1, -0.05) is 25.2 Å². The number of anilines is 1. The summed E-state index contributed by atoms with van der Waals surface area (Å²) < 4.78 is 0. The van der Waals surface area contributed by atoms with Crippen molar-refractivity contribution >= 4 is 22.4 Å². The average Bonchev–Trinajstić information content (AvgIpc) is 2.73. The molecule has 1 aromatic rings. The van der Waals surface area contributed by atoms with Crippen molar-refractivity contribution in [2.45, 2.75) is 32.7 Å². The Bertz CT molecular complexity index is 472. The summed E-state index contributed by atoms with van der Waals surface area (Å²) in [5.41, 5.74) is 0.707. The fraction of sp³-hybridized carbons (Fsp3) is 0.692. The molecule has 0 radical (unpaired) electrons. The standard InChI is InChI=1S/C13H21N3O2S/c1-8(2)10-11(12(17)18)19-13(14-10)16-6-5-15(4)7-9(16)3/h8-9H,5-7H2,1-4H3,(H,17,18). The van der Waals surface area contributed by atoms with Crippen LogP contribution in [0.4, 0.5) is 5.13 Å². The lowest BCUT2D eigenvalue weighted by molar-refractivity contribution is 0.0700. The summed E-state index contributed by atoms with van der Waals surface area (Å²) in [6, 6.07) is 0.367. The molecule has 2 heterocycles. The number of hydrogen-bond acceptors (Lipinski definition) is 5. The molecule has 2 rings (SSSR count). The number of nitrogens with zero attached hydrogens (tertiary/aromatic N) is 3. The Kier molecular flexibility index (Phi) is 4.10. The molecule has 0 aromatic carbocycles. The van der Waals surface area contributed by atoms with Gasteiger partial charge in [-0.25, -0.2) is 9.78 Å². The van der Waals surface area contributed by atoms with E-state index in [0.717, 1.165) is 24.8 Å². The van der Waals surface area contributed by atoms with Crippen LogP contribution >= 0.6 is 11.3 Å². The zero-order valence-electron chi connectivity index (χ0n) is 11.9.